The second kappa shape index (κ2) is 9.92. The number of hydrogen-bond acceptors (Lipinski definition) is 3. The van der Waals surface area contributed by atoms with Crippen LogP contribution in [-0.4, -0.2) is 29.1 Å². The third-order valence-corrected chi connectivity index (χ3v) is 4.88. The van der Waals surface area contributed by atoms with E-state index in [1.54, 1.807) is 19.2 Å². The van der Waals surface area contributed by atoms with E-state index in [9.17, 15) is 4.79 Å². The molecule has 5 heteroatoms. The average Bonchev–Trinajstić information content (AvgIpc) is 3.07. The van der Waals surface area contributed by atoms with Crippen LogP contribution in [0.4, 0.5) is 0 Å². The lowest BCUT2D eigenvalue weighted by atomic mass is 10.1. The molecule has 0 unspecified atom stereocenters. The van der Waals surface area contributed by atoms with Gasteiger partial charge in [-0.2, -0.15) is 0 Å². The molecule has 5 nitrogen and oxygen atoms in total. The molecule has 0 saturated heterocycles. The normalized spacial score (nSPS) is 10.8. The van der Waals surface area contributed by atoms with Gasteiger partial charge in [-0.05, 0) is 44.0 Å². The SMILES string of the molecule is C=C(C)Cn1c(CCCCCNC(=O)c2ccccc2OC)nc2ccccc21. The van der Waals surface area contributed by atoms with Crippen molar-refractivity contribution in [1.29, 1.82) is 0 Å². The molecule has 0 aliphatic heterocycles. The number of aryl methyl sites for hydroxylation is 1. The molecule has 0 radical (unpaired) electrons. The fraction of sp³-hybridized carbons (Fsp3) is 0.333. The molecule has 0 fully saturated rings. The van der Waals surface area contributed by atoms with Crippen LogP contribution in [0, 0.1) is 0 Å². The quantitative estimate of drug-likeness (QED) is 0.400. The highest BCUT2D eigenvalue weighted by Gasteiger charge is 2.11. The van der Waals surface area contributed by atoms with E-state index in [2.05, 4.69) is 28.6 Å². The molecule has 0 aliphatic carbocycles. The van der Waals surface area contributed by atoms with Crippen LogP contribution >= 0.6 is 0 Å². The summed E-state index contributed by atoms with van der Waals surface area (Å²) in [5.41, 5.74) is 3.89. The summed E-state index contributed by atoms with van der Waals surface area (Å²) in [6.45, 7) is 7.55. The molecular formula is C24H29N3O2. The number of nitrogens with zero attached hydrogens (tertiary/aromatic N) is 2. The molecule has 152 valence electrons. The Morgan fingerprint density at radius 2 is 1.86 bits per heavy atom. The maximum absolute atomic E-state index is 12.3. The molecule has 0 bridgehead atoms. The van der Waals surface area contributed by atoms with Gasteiger partial charge in [0.15, 0.2) is 0 Å². The molecule has 0 spiro atoms. The molecule has 2 aromatic carbocycles. The summed E-state index contributed by atoms with van der Waals surface area (Å²) in [4.78, 5) is 17.1. The third kappa shape index (κ3) is 5.25. The fourth-order valence-electron chi connectivity index (χ4n) is 3.48. The zero-order valence-electron chi connectivity index (χ0n) is 17.3. The predicted octanol–water partition coefficient (Wildman–Crippen LogP) is 4.76. The summed E-state index contributed by atoms with van der Waals surface area (Å²) in [7, 11) is 1.58. The predicted molar refractivity (Wildman–Crippen MR) is 117 cm³/mol. The maximum atomic E-state index is 12.3. The summed E-state index contributed by atoms with van der Waals surface area (Å²) in [6, 6.07) is 15.5. The number of benzene rings is 2. The Labute approximate surface area is 172 Å². The first-order chi connectivity index (χ1) is 14.1. The molecule has 29 heavy (non-hydrogen) atoms. The molecule has 1 heterocycles. The smallest absolute Gasteiger partial charge is 0.255 e. The number of hydrogen-bond donors (Lipinski definition) is 1. The lowest BCUT2D eigenvalue weighted by Gasteiger charge is -2.10. The second-order valence-corrected chi connectivity index (χ2v) is 7.33. The van der Waals surface area contributed by atoms with Gasteiger partial charge in [-0.15, -0.1) is 0 Å². The van der Waals surface area contributed by atoms with E-state index in [0.717, 1.165) is 54.7 Å². The molecule has 1 amide bonds. The molecule has 0 aliphatic rings. The number of imidazole rings is 1. The second-order valence-electron chi connectivity index (χ2n) is 7.33. The first kappa shape index (κ1) is 20.6. The number of nitrogens with one attached hydrogen (secondary N) is 1. The Morgan fingerprint density at radius 1 is 1.10 bits per heavy atom. The summed E-state index contributed by atoms with van der Waals surface area (Å²) in [5, 5.41) is 2.98. The van der Waals surface area contributed by atoms with Crippen molar-refractivity contribution in [1.82, 2.24) is 14.9 Å². The largest absolute Gasteiger partial charge is 0.496 e. The van der Waals surface area contributed by atoms with Gasteiger partial charge in [0.25, 0.3) is 5.91 Å². The molecule has 3 rings (SSSR count). The van der Waals surface area contributed by atoms with Gasteiger partial charge in [0, 0.05) is 19.5 Å². The Kier molecular flexibility index (Phi) is 7.06. The zero-order valence-corrected chi connectivity index (χ0v) is 17.3. The van der Waals surface area contributed by atoms with Gasteiger partial charge < -0.3 is 14.6 Å². The molecule has 0 saturated carbocycles. The average molecular weight is 392 g/mol. The van der Waals surface area contributed by atoms with Crippen molar-refractivity contribution in [3.05, 3.63) is 72.1 Å². The van der Waals surface area contributed by atoms with Crippen molar-refractivity contribution in [3.8, 4) is 5.75 Å². The lowest BCUT2D eigenvalue weighted by molar-refractivity contribution is 0.0950. The lowest BCUT2D eigenvalue weighted by Crippen LogP contribution is -2.24. The highest BCUT2D eigenvalue weighted by Crippen LogP contribution is 2.19. The van der Waals surface area contributed by atoms with Crippen molar-refractivity contribution in [2.24, 2.45) is 0 Å². The number of fused-ring (bicyclic) bond motifs is 1. The van der Waals surface area contributed by atoms with Gasteiger partial charge in [0.2, 0.25) is 0 Å². The minimum absolute atomic E-state index is 0.0919. The topological polar surface area (TPSA) is 56.2 Å². The van der Waals surface area contributed by atoms with Gasteiger partial charge >= 0.3 is 0 Å². The van der Waals surface area contributed by atoms with Crippen LogP contribution < -0.4 is 10.1 Å². The number of ether oxygens (including phenoxy) is 1. The molecule has 3 aromatic rings. The van der Waals surface area contributed by atoms with E-state index in [4.69, 9.17) is 9.72 Å². The number of methoxy groups -OCH3 is 1. The standard InChI is InChI=1S/C24H29N3O2/c1-18(2)17-27-21-13-8-7-12-20(21)26-23(27)15-5-4-10-16-25-24(28)19-11-6-9-14-22(19)29-3/h6-9,11-14H,1,4-5,10,15-17H2,2-3H3,(H,25,28). The van der Waals surface area contributed by atoms with E-state index in [1.165, 1.54) is 0 Å². The van der Waals surface area contributed by atoms with E-state index in [0.29, 0.717) is 17.9 Å². The molecule has 0 atom stereocenters. The summed E-state index contributed by atoms with van der Waals surface area (Å²) in [6.07, 6.45) is 3.91. The van der Waals surface area contributed by atoms with Crippen LogP contribution in [0.15, 0.2) is 60.7 Å². The van der Waals surface area contributed by atoms with Crippen molar-refractivity contribution < 1.29 is 9.53 Å². The Bertz CT molecular complexity index is 991. The van der Waals surface area contributed by atoms with Gasteiger partial charge in [-0.1, -0.05) is 42.8 Å². The minimum Gasteiger partial charge on any atom is -0.496 e. The number of amides is 1. The Balaban J connectivity index is 1.48. The van der Waals surface area contributed by atoms with Gasteiger partial charge in [-0.3, -0.25) is 4.79 Å². The van der Waals surface area contributed by atoms with Crippen molar-refractivity contribution in [2.75, 3.05) is 13.7 Å². The maximum Gasteiger partial charge on any atom is 0.255 e. The number of rotatable bonds is 10. The van der Waals surface area contributed by atoms with E-state index in [1.807, 2.05) is 31.2 Å². The van der Waals surface area contributed by atoms with Crippen LogP contribution in [0.5, 0.6) is 5.75 Å². The van der Waals surface area contributed by atoms with Crippen LogP contribution in [0.1, 0.15) is 42.4 Å². The molecule has 1 aromatic heterocycles. The first-order valence-corrected chi connectivity index (χ1v) is 10.1. The number of allylic oxidation sites excluding steroid dienone is 1. The minimum atomic E-state index is -0.0919. The Morgan fingerprint density at radius 3 is 2.66 bits per heavy atom. The Hall–Kier alpha value is -3.08. The number of unbranched alkanes of at least 4 members (excludes halogenated alkanes) is 2. The van der Waals surface area contributed by atoms with Crippen molar-refractivity contribution in [3.63, 3.8) is 0 Å². The number of carbonyl (C=O) groups excluding carboxylic acids is 1. The van der Waals surface area contributed by atoms with Crippen LogP contribution in [0.25, 0.3) is 11.0 Å². The number of carbonyl (C=O) groups is 1. The molecular weight excluding hydrogens is 362 g/mol. The number of para-hydroxylation sites is 3. The summed E-state index contributed by atoms with van der Waals surface area (Å²) in [5.74, 6) is 1.61. The summed E-state index contributed by atoms with van der Waals surface area (Å²) >= 11 is 0. The van der Waals surface area contributed by atoms with Crippen LogP contribution in [0.2, 0.25) is 0 Å². The number of aromatic nitrogens is 2. The fourth-order valence-corrected chi connectivity index (χ4v) is 3.48. The summed E-state index contributed by atoms with van der Waals surface area (Å²) < 4.78 is 7.51. The van der Waals surface area contributed by atoms with Crippen molar-refractivity contribution >= 4 is 16.9 Å². The zero-order chi connectivity index (χ0) is 20.6. The highest BCUT2D eigenvalue weighted by atomic mass is 16.5. The van der Waals surface area contributed by atoms with E-state index < -0.39 is 0 Å². The van der Waals surface area contributed by atoms with Gasteiger partial charge in [0.1, 0.15) is 11.6 Å². The third-order valence-electron chi connectivity index (χ3n) is 4.88. The molecule has 1 N–H and O–H groups in total. The van der Waals surface area contributed by atoms with Gasteiger partial charge in [-0.25, -0.2) is 4.98 Å². The first-order valence-electron chi connectivity index (χ1n) is 10.1. The van der Waals surface area contributed by atoms with Crippen LogP contribution in [-0.2, 0) is 13.0 Å². The van der Waals surface area contributed by atoms with E-state index in [-0.39, 0.29) is 5.91 Å². The monoisotopic (exact) mass is 391 g/mol. The van der Waals surface area contributed by atoms with Crippen molar-refractivity contribution in [2.45, 2.75) is 39.2 Å². The van der Waals surface area contributed by atoms with Gasteiger partial charge in [0.05, 0.1) is 23.7 Å². The highest BCUT2D eigenvalue weighted by molar-refractivity contribution is 5.96. The van der Waals surface area contributed by atoms with Crippen LogP contribution in [0.3, 0.4) is 0 Å². The van der Waals surface area contributed by atoms with E-state index >= 15 is 0 Å².